The average molecular weight is 481 g/mol. The van der Waals surface area contributed by atoms with Crippen LogP contribution in [0, 0.1) is 6.92 Å². The predicted octanol–water partition coefficient (Wildman–Crippen LogP) is 3.71. The molecule has 8 heteroatoms. The summed E-state index contributed by atoms with van der Waals surface area (Å²) in [6.45, 7) is 4.39. The topological polar surface area (TPSA) is 84.9 Å². The number of fused-ring (bicyclic) bond motifs is 1. The maximum Gasteiger partial charge on any atom is 0.264 e. The number of hydrogen-bond donors (Lipinski definition) is 1. The van der Waals surface area contributed by atoms with Gasteiger partial charge >= 0.3 is 0 Å². The lowest BCUT2D eigenvalue weighted by Crippen LogP contribution is -2.51. The van der Waals surface area contributed by atoms with Gasteiger partial charge in [0.2, 0.25) is 0 Å². The van der Waals surface area contributed by atoms with Crippen LogP contribution in [0.4, 0.5) is 5.69 Å². The van der Waals surface area contributed by atoms with Crippen LogP contribution in [-0.2, 0) is 21.2 Å². The molecule has 178 valence electrons. The number of carbonyl (C=O) groups excluding carboxylic acids is 1. The number of ether oxygens (including phenoxy) is 2. The van der Waals surface area contributed by atoms with Crippen LogP contribution in [0.3, 0.4) is 0 Å². The van der Waals surface area contributed by atoms with Gasteiger partial charge < -0.3 is 14.8 Å². The Morgan fingerprint density at radius 2 is 1.82 bits per heavy atom. The van der Waals surface area contributed by atoms with Crippen LogP contribution < -0.4 is 19.1 Å². The van der Waals surface area contributed by atoms with Gasteiger partial charge in [0.15, 0.2) is 6.10 Å². The number of hydrogen-bond acceptors (Lipinski definition) is 5. The molecule has 4 rings (SSSR count). The quantitative estimate of drug-likeness (QED) is 0.497. The fourth-order valence-corrected chi connectivity index (χ4v) is 5.22. The van der Waals surface area contributed by atoms with E-state index in [1.807, 2.05) is 37.3 Å². The van der Waals surface area contributed by atoms with Gasteiger partial charge in [0.25, 0.3) is 15.9 Å². The van der Waals surface area contributed by atoms with Crippen LogP contribution in [0.1, 0.15) is 18.1 Å². The van der Waals surface area contributed by atoms with Crippen molar-refractivity contribution < 1.29 is 22.7 Å². The van der Waals surface area contributed by atoms with Crippen LogP contribution in [0.2, 0.25) is 0 Å². The third kappa shape index (κ3) is 5.17. The summed E-state index contributed by atoms with van der Waals surface area (Å²) in [5.41, 5.74) is 2.54. The van der Waals surface area contributed by atoms with E-state index >= 15 is 0 Å². The molecule has 1 heterocycles. The summed E-state index contributed by atoms with van der Waals surface area (Å²) in [5.74, 6) is 0.688. The molecule has 1 aliphatic heterocycles. The Morgan fingerprint density at radius 3 is 2.53 bits per heavy atom. The third-order valence-corrected chi connectivity index (χ3v) is 7.40. The first-order valence-corrected chi connectivity index (χ1v) is 12.7. The van der Waals surface area contributed by atoms with E-state index in [1.54, 1.807) is 30.3 Å². The Labute approximate surface area is 200 Å². The van der Waals surface area contributed by atoms with E-state index in [2.05, 4.69) is 12.2 Å². The number of benzene rings is 3. The maximum absolute atomic E-state index is 13.4. The predicted molar refractivity (Wildman–Crippen MR) is 131 cm³/mol. The molecular weight excluding hydrogens is 452 g/mol. The molecule has 7 nitrogen and oxygen atoms in total. The van der Waals surface area contributed by atoms with Gasteiger partial charge in [-0.05, 0) is 60.9 Å². The molecule has 34 heavy (non-hydrogen) atoms. The number of amides is 1. The number of anilines is 1. The zero-order valence-corrected chi connectivity index (χ0v) is 20.0. The molecule has 0 saturated heterocycles. The smallest absolute Gasteiger partial charge is 0.264 e. The van der Waals surface area contributed by atoms with Crippen molar-refractivity contribution >= 4 is 21.6 Å². The van der Waals surface area contributed by atoms with Crippen LogP contribution in [0.5, 0.6) is 11.5 Å². The van der Waals surface area contributed by atoms with Crippen LogP contribution >= 0.6 is 0 Å². The van der Waals surface area contributed by atoms with E-state index in [1.165, 1.54) is 22.0 Å². The van der Waals surface area contributed by atoms with Gasteiger partial charge in [-0.2, -0.15) is 0 Å². The van der Waals surface area contributed by atoms with Crippen LogP contribution in [-0.4, -0.2) is 40.1 Å². The Morgan fingerprint density at radius 1 is 1.09 bits per heavy atom. The first kappa shape index (κ1) is 23.6. The standard InChI is InChI=1S/C26H28N2O5S/c1-3-20-10-12-21(13-11-20)32-16-15-27-26(29)25-18-28(23-14-9-19(2)17-24(23)33-25)34(30,31)22-7-5-4-6-8-22/h4-14,17,25H,3,15-16,18H2,1-2H3,(H,27,29). The highest BCUT2D eigenvalue weighted by Gasteiger charge is 2.37. The highest BCUT2D eigenvalue weighted by Crippen LogP contribution is 2.37. The molecule has 1 amide bonds. The molecule has 1 unspecified atom stereocenters. The van der Waals surface area contributed by atoms with Crippen molar-refractivity contribution in [1.82, 2.24) is 5.32 Å². The lowest BCUT2D eigenvalue weighted by atomic mass is 10.1. The minimum absolute atomic E-state index is 0.127. The number of sulfonamides is 1. The van der Waals surface area contributed by atoms with Gasteiger partial charge in [-0.15, -0.1) is 0 Å². The molecule has 3 aromatic rings. The lowest BCUT2D eigenvalue weighted by molar-refractivity contribution is -0.127. The van der Waals surface area contributed by atoms with Crippen LogP contribution in [0.15, 0.2) is 77.7 Å². The monoisotopic (exact) mass is 480 g/mol. The Kier molecular flexibility index (Phi) is 7.07. The van der Waals surface area contributed by atoms with Crippen molar-refractivity contribution in [2.24, 2.45) is 0 Å². The molecule has 1 aliphatic rings. The van der Waals surface area contributed by atoms with Crippen LogP contribution in [0.25, 0.3) is 0 Å². The molecule has 3 aromatic carbocycles. The highest BCUT2D eigenvalue weighted by atomic mass is 32.2. The Hall–Kier alpha value is -3.52. The van der Waals surface area contributed by atoms with Gasteiger partial charge in [0.1, 0.15) is 18.1 Å². The van der Waals surface area contributed by atoms with Gasteiger partial charge in [-0.3, -0.25) is 9.10 Å². The summed E-state index contributed by atoms with van der Waals surface area (Å²) in [7, 11) is -3.87. The van der Waals surface area contributed by atoms with Crippen molar-refractivity contribution in [3.05, 3.63) is 83.9 Å². The molecule has 0 aromatic heterocycles. The first-order chi connectivity index (χ1) is 16.4. The zero-order chi connectivity index (χ0) is 24.1. The van der Waals surface area contributed by atoms with Gasteiger partial charge in [-0.25, -0.2) is 8.42 Å². The van der Waals surface area contributed by atoms with Gasteiger partial charge in [0, 0.05) is 0 Å². The van der Waals surface area contributed by atoms with E-state index < -0.39 is 22.0 Å². The normalized spacial score (nSPS) is 15.2. The molecule has 0 fully saturated rings. The zero-order valence-electron chi connectivity index (χ0n) is 19.2. The molecule has 1 atom stereocenters. The van der Waals surface area contributed by atoms with E-state index in [4.69, 9.17) is 9.47 Å². The largest absolute Gasteiger partial charge is 0.492 e. The highest BCUT2D eigenvalue weighted by molar-refractivity contribution is 7.92. The second-order valence-electron chi connectivity index (χ2n) is 8.06. The summed E-state index contributed by atoms with van der Waals surface area (Å²) in [5, 5.41) is 2.79. The van der Waals surface area contributed by atoms with Crippen molar-refractivity contribution in [3.8, 4) is 11.5 Å². The summed E-state index contributed by atoms with van der Waals surface area (Å²) in [6, 6.07) is 21.3. The van der Waals surface area contributed by atoms with Gasteiger partial charge in [-0.1, -0.05) is 43.3 Å². The fraction of sp³-hybridized carbons (Fsp3) is 0.269. The SMILES string of the molecule is CCc1ccc(OCCNC(=O)C2CN(S(=O)(=O)c3ccccc3)c3ccc(C)cc3O2)cc1. The number of nitrogens with zero attached hydrogens (tertiary/aromatic N) is 1. The van der Waals surface area contributed by atoms with Gasteiger partial charge in [0.05, 0.1) is 23.7 Å². The van der Waals surface area contributed by atoms with Crippen molar-refractivity contribution in [2.75, 3.05) is 24.0 Å². The molecule has 1 N–H and O–H groups in total. The second-order valence-corrected chi connectivity index (χ2v) is 9.93. The number of rotatable bonds is 8. The summed E-state index contributed by atoms with van der Waals surface area (Å²) >= 11 is 0. The maximum atomic E-state index is 13.4. The molecule has 0 saturated carbocycles. The molecule has 0 spiro atoms. The summed E-state index contributed by atoms with van der Waals surface area (Å²) in [6.07, 6.45) is -0.0335. The van der Waals surface area contributed by atoms with Crippen molar-refractivity contribution in [3.63, 3.8) is 0 Å². The summed E-state index contributed by atoms with van der Waals surface area (Å²) in [4.78, 5) is 13.0. The Bertz CT molecular complexity index is 1240. The summed E-state index contributed by atoms with van der Waals surface area (Å²) < 4.78 is 39.6. The number of aryl methyl sites for hydroxylation is 2. The lowest BCUT2D eigenvalue weighted by Gasteiger charge is -2.35. The minimum atomic E-state index is -3.87. The van der Waals surface area contributed by atoms with E-state index in [-0.39, 0.29) is 24.6 Å². The minimum Gasteiger partial charge on any atom is -0.492 e. The first-order valence-electron chi connectivity index (χ1n) is 11.2. The molecule has 0 aliphatic carbocycles. The number of nitrogens with one attached hydrogen (secondary N) is 1. The van der Waals surface area contributed by atoms with Crippen molar-refractivity contribution in [1.29, 1.82) is 0 Å². The molecular formula is C26H28N2O5S. The Balaban J connectivity index is 1.45. The van der Waals surface area contributed by atoms with Crippen molar-refractivity contribution in [2.45, 2.75) is 31.3 Å². The number of carbonyl (C=O) groups is 1. The van der Waals surface area contributed by atoms with E-state index in [0.717, 1.165) is 17.7 Å². The van der Waals surface area contributed by atoms with E-state index in [0.29, 0.717) is 11.4 Å². The molecule has 0 bridgehead atoms. The third-order valence-electron chi connectivity index (χ3n) is 5.61. The molecule has 0 radical (unpaired) electrons. The average Bonchev–Trinajstić information content (AvgIpc) is 2.86. The second kappa shape index (κ2) is 10.2. The fourth-order valence-electron chi connectivity index (χ4n) is 3.72. The van der Waals surface area contributed by atoms with E-state index in [9.17, 15) is 13.2 Å².